The lowest BCUT2D eigenvalue weighted by Crippen LogP contribution is -2.41. The Morgan fingerprint density at radius 3 is 2.67 bits per heavy atom. The molecule has 1 unspecified atom stereocenters. The molecule has 1 rings (SSSR count). The van der Waals surface area contributed by atoms with E-state index in [0.29, 0.717) is 0 Å². The summed E-state index contributed by atoms with van der Waals surface area (Å²) in [5, 5.41) is 11.2. The Morgan fingerprint density at radius 2 is 2.13 bits per heavy atom. The molecular formula is C11H19NO3. The summed E-state index contributed by atoms with van der Waals surface area (Å²) in [6, 6.07) is 0.153. The summed E-state index contributed by atoms with van der Waals surface area (Å²) < 4.78 is 0. The van der Waals surface area contributed by atoms with Gasteiger partial charge >= 0.3 is 5.97 Å². The first-order valence-electron chi connectivity index (χ1n) is 5.40. The van der Waals surface area contributed by atoms with Crippen molar-refractivity contribution in [2.24, 2.45) is 5.41 Å². The van der Waals surface area contributed by atoms with E-state index in [1.807, 2.05) is 0 Å². The lowest BCUT2D eigenvalue weighted by atomic mass is 9.75. The van der Waals surface area contributed by atoms with Gasteiger partial charge in [0.2, 0.25) is 5.91 Å². The summed E-state index contributed by atoms with van der Waals surface area (Å²) in [4.78, 5) is 21.6. The Bertz CT molecular complexity index is 261. The van der Waals surface area contributed by atoms with Gasteiger partial charge < -0.3 is 10.4 Å². The van der Waals surface area contributed by atoms with Gasteiger partial charge in [-0.25, -0.2) is 0 Å². The summed E-state index contributed by atoms with van der Waals surface area (Å²) in [6.45, 7) is 4.37. The van der Waals surface area contributed by atoms with Crippen molar-refractivity contribution in [3.05, 3.63) is 0 Å². The topological polar surface area (TPSA) is 66.4 Å². The molecule has 1 aliphatic carbocycles. The third kappa shape index (κ3) is 4.32. The van der Waals surface area contributed by atoms with E-state index in [4.69, 9.17) is 5.11 Å². The molecule has 1 saturated carbocycles. The zero-order chi connectivity index (χ0) is 11.5. The highest BCUT2D eigenvalue weighted by molar-refractivity contribution is 5.93. The van der Waals surface area contributed by atoms with Gasteiger partial charge in [-0.15, -0.1) is 0 Å². The van der Waals surface area contributed by atoms with Crippen molar-refractivity contribution in [3.8, 4) is 0 Å². The summed E-state index contributed by atoms with van der Waals surface area (Å²) in [7, 11) is 0. The number of carboxylic acid groups (broad SMARTS) is 1. The molecule has 1 atom stereocenters. The van der Waals surface area contributed by atoms with Crippen molar-refractivity contribution < 1.29 is 14.7 Å². The second kappa shape index (κ2) is 4.64. The van der Waals surface area contributed by atoms with Crippen LogP contribution in [0, 0.1) is 5.41 Å². The van der Waals surface area contributed by atoms with Crippen LogP contribution in [-0.4, -0.2) is 23.0 Å². The number of amides is 1. The van der Waals surface area contributed by atoms with Gasteiger partial charge in [-0.05, 0) is 24.7 Å². The molecule has 0 radical (unpaired) electrons. The average molecular weight is 213 g/mol. The Balaban J connectivity index is 2.38. The highest BCUT2D eigenvalue weighted by Gasteiger charge is 2.28. The molecule has 0 heterocycles. The molecule has 4 heteroatoms. The van der Waals surface area contributed by atoms with Crippen LogP contribution in [0.5, 0.6) is 0 Å². The van der Waals surface area contributed by atoms with Crippen LogP contribution in [-0.2, 0) is 9.59 Å². The molecule has 2 N–H and O–H groups in total. The van der Waals surface area contributed by atoms with Crippen LogP contribution in [0.4, 0.5) is 0 Å². The second-order valence-corrected chi connectivity index (χ2v) is 5.10. The third-order valence-electron chi connectivity index (χ3n) is 2.88. The molecule has 1 aliphatic rings. The minimum Gasteiger partial charge on any atom is -0.481 e. The van der Waals surface area contributed by atoms with Crippen LogP contribution >= 0.6 is 0 Å². The lowest BCUT2D eigenvalue weighted by Gasteiger charge is -2.35. The first-order valence-corrected chi connectivity index (χ1v) is 5.40. The molecule has 15 heavy (non-hydrogen) atoms. The Kier molecular flexibility index (Phi) is 3.72. The van der Waals surface area contributed by atoms with Gasteiger partial charge in [0, 0.05) is 6.04 Å². The van der Waals surface area contributed by atoms with E-state index < -0.39 is 12.4 Å². The average Bonchev–Trinajstić information content (AvgIpc) is 1.99. The minimum atomic E-state index is -1.07. The Morgan fingerprint density at radius 1 is 1.47 bits per heavy atom. The predicted molar refractivity (Wildman–Crippen MR) is 56.4 cm³/mol. The molecule has 4 nitrogen and oxygen atoms in total. The van der Waals surface area contributed by atoms with Crippen LogP contribution in [0.25, 0.3) is 0 Å². The fourth-order valence-corrected chi connectivity index (χ4v) is 2.24. The number of carbonyl (C=O) groups excluding carboxylic acids is 1. The monoisotopic (exact) mass is 213 g/mol. The quantitative estimate of drug-likeness (QED) is 0.699. The van der Waals surface area contributed by atoms with Crippen molar-refractivity contribution >= 4 is 11.9 Å². The molecule has 86 valence electrons. The van der Waals surface area contributed by atoms with E-state index >= 15 is 0 Å². The number of carbonyl (C=O) groups is 2. The van der Waals surface area contributed by atoms with Crippen molar-refractivity contribution in [1.82, 2.24) is 5.32 Å². The number of aliphatic carboxylic acids is 1. The maximum atomic E-state index is 11.2. The van der Waals surface area contributed by atoms with Crippen LogP contribution in [0.2, 0.25) is 0 Å². The van der Waals surface area contributed by atoms with E-state index in [2.05, 4.69) is 19.2 Å². The Hall–Kier alpha value is -1.06. The van der Waals surface area contributed by atoms with Crippen LogP contribution in [0.15, 0.2) is 0 Å². The van der Waals surface area contributed by atoms with E-state index in [-0.39, 0.29) is 17.4 Å². The van der Waals surface area contributed by atoms with Gasteiger partial charge in [0.1, 0.15) is 6.42 Å². The fraction of sp³-hybridized carbons (Fsp3) is 0.818. The fourth-order valence-electron chi connectivity index (χ4n) is 2.24. The van der Waals surface area contributed by atoms with Gasteiger partial charge in [-0.2, -0.15) is 0 Å². The molecule has 0 bridgehead atoms. The number of hydrogen-bond acceptors (Lipinski definition) is 2. The molecule has 1 fully saturated rings. The van der Waals surface area contributed by atoms with Gasteiger partial charge in [-0.3, -0.25) is 9.59 Å². The smallest absolute Gasteiger partial charge is 0.312 e. The minimum absolute atomic E-state index is 0.153. The molecule has 0 aliphatic heterocycles. The number of hydrogen-bond donors (Lipinski definition) is 2. The van der Waals surface area contributed by atoms with Crippen molar-refractivity contribution in [2.75, 3.05) is 0 Å². The number of carboxylic acids is 1. The maximum Gasteiger partial charge on any atom is 0.312 e. The lowest BCUT2D eigenvalue weighted by molar-refractivity contribution is -0.140. The molecule has 0 aromatic carbocycles. The van der Waals surface area contributed by atoms with E-state index in [9.17, 15) is 9.59 Å². The number of rotatable bonds is 3. The summed E-state index contributed by atoms with van der Waals surface area (Å²) in [5.74, 6) is -1.44. The van der Waals surface area contributed by atoms with E-state index in [1.54, 1.807) is 0 Å². The largest absolute Gasteiger partial charge is 0.481 e. The molecule has 0 aromatic heterocycles. The SMILES string of the molecule is CC1(C)CCCC(NC(=O)CC(=O)O)C1. The molecule has 1 amide bonds. The molecule has 0 saturated heterocycles. The Labute approximate surface area is 90.0 Å². The summed E-state index contributed by atoms with van der Waals surface area (Å²) in [5.41, 5.74) is 0.263. The first kappa shape index (κ1) is 12.0. The maximum absolute atomic E-state index is 11.2. The van der Waals surface area contributed by atoms with Gasteiger partial charge in [0.05, 0.1) is 0 Å². The molecule has 0 aromatic rings. The van der Waals surface area contributed by atoms with Crippen molar-refractivity contribution in [1.29, 1.82) is 0 Å². The summed E-state index contributed by atoms with van der Waals surface area (Å²) in [6.07, 6.45) is 3.77. The second-order valence-electron chi connectivity index (χ2n) is 5.10. The van der Waals surface area contributed by atoms with Gasteiger partial charge in [0.25, 0.3) is 0 Å². The van der Waals surface area contributed by atoms with Gasteiger partial charge in [-0.1, -0.05) is 20.3 Å². The summed E-state index contributed by atoms with van der Waals surface area (Å²) >= 11 is 0. The normalized spacial score (nSPS) is 24.5. The van der Waals surface area contributed by atoms with Crippen molar-refractivity contribution in [2.45, 2.75) is 52.0 Å². The zero-order valence-electron chi connectivity index (χ0n) is 9.38. The van der Waals surface area contributed by atoms with Crippen molar-refractivity contribution in [3.63, 3.8) is 0 Å². The number of nitrogens with one attached hydrogen (secondary N) is 1. The predicted octanol–water partition coefficient (Wildman–Crippen LogP) is 1.55. The van der Waals surface area contributed by atoms with E-state index in [1.165, 1.54) is 6.42 Å². The zero-order valence-corrected chi connectivity index (χ0v) is 9.38. The highest BCUT2D eigenvalue weighted by atomic mass is 16.4. The molecule has 0 spiro atoms. The van der Waals surface area contributed by atoms with Crippen LogP contribution in [0.1, 0.15) is 46.0 Å². The first-order chi connectivity index (χ1) is 6.89. The van der Waals surface area contributed by atoms with Crippen LogP contribution in [0.3, 0.4) is 0 Å². The van der Waals surface area contributed by atoms with Gasteiger partial charge in [0.15, 0.2) is 0 Å². The molecular weight excluding hydrogens is 194 g/mol. The van der Waals surface area contributed by atoms with Crippen LogP contribution < -0.4 is 5.32 Å². The third-order valence-corrected chi connectivity index (χ3v) is 2.88. The highest BCUT2D eigenvalue weighted by Crippen LogP contribution is 2.34. The van der Waals surface area contributed by atoms with E-state index in [0.717, 1.165) is 19.3 Å². The standard InChI is InChI=1S/C11H19NO3/c1-11(2)5-3-4-8(7-11)12-9(13)6-10(14)15/h8H,3-7H2,1-2H3,(H,12,13)(H,14,15).